The van der Waals surface area contributed by atoms with Crippen LogP contribution in [0.15, 0.2) is 89.5 Å². The Morgan fingerprint density at radius 3 is 2.48 bits per heavy atom. The van der Waals surface area contributed by atoms with Crippen LogP contribution in [-0.4, -0.2) is 15.8 Å². The van der Waals surface area contributed by atoms with Gasteiger partial charge < -0.3 is 9.32 Å². The fourth-order valence-corrected chi connectivity index (χ4v) is 3.19. The molecule has 0 fully saturated rings. The Hall–Kier alpha value is -3.40. The predicted molar refractivity (Wildman–Crippen MR) is 105 cm³/mol. The molecule has 0 spiro atoms. The maximum Gasteiger partial charge on any atom is 0.290 e. The van der Waals surface area contributed by atoms with Gasteiger partial charge in [0.2, 0.25) is 0 Å². The van der Waals surface area contributed by atoms with Crippen LogP contribution in [-0.2, 0) is 6.54 Å². The SMILES string of the molecule is C[C@H](c1ccccc1)N(Cc1ccccn1)C(=O)c1cc2ccccc2o1. The summed E-state index contributed by atoms with van der Waals surface area (Å²) in [6.45, 7) is 2.44. The fraction of sp³-hybridized carbons (Fsp3) is 0.130. The van der Waals surface area contributed by atoms with Gasteiger partial charge in [-0.1, -0.05) is 54.6 Å². The minimum absolute atomic E-state index is 0.117. The second-order valence-electron chi connectivity index (χ2n) is 6.49. The molecule has 4 rings (SSSR count). The number of nitrogens with zero attached hydrogens (tertiary/aromatic N) is 2. The molecule has 0 N–H and O–H groups in total. The highest BCUT2D eigenvalue weighted by molar-refractivity contribution is 5.96. The Morgan fingerprint density at radius 1 is 1.00 bits per heavy atom. The first kappa shape index (κ1) is 17.0. The van der Waals surface area contributed by atoms with Crippen molar-refractivity contribution in [3.05, 3.63) is 102 Å². The molecule has 2 aromatic heterocycles. The van der Waals surface area contributed by atoms with Gasteiger partial charge in [0.05, 0.1) is 18.3 Å². The number of furan rings is 1. The lowest BCUT2D eigenvalue weighted by Crippen LogP contribution is -2.33. The van der Waals surface area contributed by atoms with Gasteiger partial charge in [-0.2, -0.15) is 0 Å². The number of pyridine rings is 1. The van der Waals surface area contributed by atoms with E-state index in [1.165, 1.54) is 0 Å². The van der Waals surface area contributed by atoms with E-state index in [0.29, 0.717) is 17.9 Å². The van der Waals surface area contributed by atoms with Gasteiger partial charge in [-0.25, -0.2) is 0 Å². The molecule has 0 saturated heterocycles. The third-order valence-corrected chi connectivity index (χ3v) is 4.71. The molecule has 4 heteroatoms. The fourth-order valence-electron chi connectivity index (χ4n) is 3.19. The van der Waals surface area contributed by atoms with Gasteiger partial charge in [0.25, 0.3) is 5.91 Å². The van der Waals surface area contributed by atoms with E-state index < -0.39 is 0 Å². The molecule has 4 aromatic rings. The molecule has 0 aliphatic heterocycles. The lowest BCUT2D eigenvalue weighted by atomic mass is 10.1. The summed E-state index contributed by atoms with van der Waals surface area (Å²) in [6, 6.07) is 25.1. The van der Waals surface area contributed by atoms with Crippen molar-refractivity contribution in [2.45, 2.75) is 19.5 Å². The highest BCUT2D eigenvalue weighted by atomic mass is 16.3. The summed E-state index contributed by atoms with van der Waals surface area (Å²) in [5, 5.41) is 0.922. The lowest BCUT2D eigenvalue weighted by molar-refractivity contribution is 0.0641. The molecule has 0 unspecified atom stereocenters. The van der Waals surface area contributed by atoms with Crippen LogP contribution in [0, 0.1) is 0 Å². The molecule has 0 aliphatic carbocycles. The van der Waals surface area contributed by atoms with E-state index in [1.807, 2.05) is 79.7 Å². The largest absolute Gasteiger partial charge is 0.451 e. The average molecular weight is 356 g/mol. The number of hydrogen-bond acceptors (Lipinski definition) is 3. The number of carbonyl (C=O) groups is 1. The number of rotatable bonds is 5. The smallest absolute Gasteiger partial charge is 0.290 e. The van der Waals surface area contributed by atoms with Crippen LogP contribution < -0.4 is 0 Å². The Balaban J connectivity index is 1.70. The topological polar surface area (TPSA) is 46.3 Å². The van der Waals surface area contributed by atoms with E-state index in [2.05, 4.69) is 4.98 Å². The van der Waals surface area contributed by atoms with Crippen molar-refractivity contribution in [2.75, 3.05) is 0 Å². The van der Waals surface area contributed by atoms with Crippen LogP contribution in [0.2, 0.25) is 0 Å². The Labute approximate surface area is 158 Å². The van der Waals surface area contributed by atoms with E-state index in [-0.39, 0.29) is 11.9 Å². The number of carbonyl (C=O) groups excluding carboxylic acids is 1. The predicted octanol–water partition coefficient (Wildman–Crippen LogP) is 5.23. The van der Waals surface area contributed by atoms with Gasteiger partial charge >= 0.3 is 0 Å². The molecule has 1 atom stereocenters. The van der Waals surface area contributed by atoms with Gasteiger partial charge in [-0.05, 0) is 36.8 Å². The monoisotopic (exact) mass is 356 g/mol. The highest BCUT2D eigenvalue weighted by Gasteiger charge is 2.26. The number of benzene rings is 2. The van der Waals surface area contributed by atoms with E-state index >= 15 is 0 Å². The summed E-state index contributed by atoms with van der Waals surface area (Å²) in [7, 11) is 0. The Bertz CT molecular complexity index is 1010. The van der Waals surface area contributed by atoms with E-state index in [4.69, 9.17) is 4.42 Å². The Morgan fingerprint density at radius 2 is 1.74 bits per heavy atom. The van der Waals surface area contributed by atoms with Crippen LogP contribution in [0.3, 0.4) is 0 Å². The molecule has 0 radical (unpaired) electrons. The number of para-hydroxylation sites is 1. The van der Waals surface area contributed by atoms with E-state index in [9.17, 15) is 4.79 Å². The standard InChI is InChI=1S/C23H20N2O2/c1-17(18-9-3-2-4-10-18)25(16-20-12-7-8-14-24-20)23(26)22-15-19-11-5-6-13-21(19)27-22/h2-15,17H,16H2,1H3/t17-/m1/s1. The van der Waals surface area contributed by atoms with E-state index in [0.717, 1.165) is 16.6 Å². The van der Waals surface area contributed by atoms with Crippen molar-refractivity contribution in [1.82, 2.24) is 9.88 Å². The van der Waals surface area contributed by atoms with Crippen LogP contribution >= 0.6 is 0 Å². The number of amides is 1. The van der Waals surface area contributed by atoms with Crippen LogP contribution in [0.25, 0.3) is 11.0 Å². The van der Waals surface area contributed by atoms with Crippen LogP contribution in [0.4, 0.5) is 0 Å². The molecule has 0 aliphatic rings. The quantitative estimate of drug-likeness (QED) is 0.492. The molecule has 2 aromatic carbocycles. The highest BCUT2D eigenvalue weighted by Crippen LogP contribution is 2.27. The van der Waals surface area contributed by atoms with Gasteiger partial charge in [0, 0.05) is 11.6 Å². The molecule has 134 valence electrons. The van der Waals surface area contributed by atoms with Gasteiger partial charge in [-0.15, -0.1) is 0 Å². The minimum Gasteiger partial charge on any atom is -0.451 e. The molecule has 0 bridgehead atoms. The zero-order valence-corrected chi connectivity index (χ0v) is 15.1. The number of aromatic nitrogens is 1. The Kier molecular flexibility index (Phi) is 4.71. The van der Waals surface area contributed by atoms with Gasteiger partial charge in [-0.3, -0.25) is 9.78 Å². The molecular weight excluding hydrogens is 336 g/mol. The minimum atomic E-state index is -0.145. The summed E-state index contributed by atoms with van der Waals surface area (Å²) in [6.07, 6.45) is 1.74. The third kappa shape index (κ3) is 3.60. The van der Waals surface area contributed by atoms with Gasteiger partial charge in [0.1, 0.15) is 5.58 Å². The first-order valence-corrected chi connectivity index (χ1v) is 8.97. The summed E-state index contributed by atoms with van der Waals surface area (Å²) < 4.78 is 5.82. The second kappa shape index (κ2) is 7.46. The first-order chi connectivity index (χ1) is 13.2. The molecule has 0 saturated carbocycles. The molecule has 4 nitrogen and oxygen atoms in total. The van der Waals surface area contributed by atoms with E-state index in [1.54, 1.807) is 17.2 Å². The number of fused-ring (bicyclic) bond motifs is 1. The molecule has 2 heterocycles. The van der Waals surface area contributed by atoms with Crippen molar-refractivity contribution in [1.29, 1.82) is 0 Å². The second-order valence-corrected chi connectivity index (χ2v) is 6.49. The zero-order valence-electron chi connectivity index (χ0n) is 15.1. The lowest BCUT2D eigenvalue weighted by Gasteiger charge is -2.28. The maximum absolute atomic E-state index is 13.3. The summed E-state index contributed by atoms with van der Waals surface area (Å²) in [4.78, 5) is 19.5. The average Bonchev–Trinajstić information content (AvgIpc) is 3.17. The van der Waals surface area contributed by atoms with Crippen molar-refractivity contribution in [3.63, 3.8) is 0 Å². The summed E-state index contributed by atoms with van der Waals surface area (Å²) in [5.41, 5.74) is 2.62. The van der Waals surface area contributed by atoms with Crippen molar-refractivity contribution in [3.8, 4) is 0 Å². The zero-order chi connectivity index (χ0) is 18.6. The maximum atomic E-state index is 13.3. The van der Waals surface area contributed by atoms with Gasteiger partial charge in [0.15, 0.2) is 5.76 Å². The molecular formula is C23H20N2O2. The molecule has 27 heavy (non-hydrogen) atoms. The number of hydrogen-bond donors (Lipinski definition) is 0. The first-order valence-electron chi connectivity index (χ1n) is 8.97. The van der Waals surface area contributed by atoms with Crippen LogP contribution in [0.5, 0.6) is 0 Å². The van der Waals surface area contributed by atoms with Crippen molar-refractivity contribution in [2.24, 2.45) is 0 Å². The van der Waals surface area contributed by atoms with Crippen molar-refractivity contribution < 1.29 is 9.21 Å². The summed E-state index contributed by atoms with van der Waals surface area (Å²) >= 11 is 0. The third-order valence-electron chi connectivity index (χ3n) is 4.71. The van der Waals surface area contributed by atoms with Crippen molar-refractivity contribution >= 4 is 16.9 Å². The summed E-state index contributed by atoms with van der Waals surface area (Å²) in [5.74, 6) is 0.197. The van der Waals surface area contributed by atoms with Crippen LogP contribution in [0.1, 0.15) is 34.8 Å². The molecule has 1 amide bonds. The normalized spacial score (nSPS) is 12.0.